The topological polar surface area (TPSA) is 67.6 Å². The smallest absolute Gasteiger partial charge is 0.265 e. The molecule has 6 heteroatoms. The van der Waals surface area contributed by atoms with Crippen LogP contribution in [0.3, 0.4) is 0 Å². The lowest BCUT2D eigenvalue weighted by molar-refractivity contribution is 0.0833. The van der Waals surface area contributed by atoms with Gasteiger partial charge in [0.15, 0.2) is 5.75 Å². The lowest BCUT2D eigenvalue weighted by Crippen LogP contribution is -2.33. The minimum atomic E-state index is -0.0892. The predicted molar refractivity (Wildman–Crippen MR) is 83.7 cm³/mol. The first-order valence-electron chi connectivity index (χ1n) is 6.80. The van der Waals surface area contributed by atoms with Crippen LogP contribution in [0.4, 0.5) is 10.7 Å². The number of nitrogens with one attached hydrogen (secondary N) is 1. The van der Waals surface area contributed by atoms with Crippen LogP contribution in [0.1, 0.15) is 35.9 Å². The maximum atomic E-state index is 12.1. The maximum absolute atomic E-state index is 12.1. The Morgan fingerprint density at radius 3 is 2.60 bits per heavy atom. The highest BCUT2D eigenvalue weighted by Gasteiger charge is 2.32. The molecule has 0 saturated heterocycles. The summed E-state index contributed by atoms with van der Waals surface area (Å²) in [6, 6.07) is 0. The van der Waals surface area contributed by atoms with E-state index in [1.165, 1.54) is 35.5 Å². The minimum absolute atomic E-state index is 0.0892. The molecule has 1 aliphatic rings. The standard InChI is InChI=1S/C14H23N3O2S/c1-14(6-5-7-14)8-16-12-10(19-4)9(15)11(20-12)13(18)17(2)3/h16H,5-8,15H2,1-4H3. The van der Waals surface area contributed by atoms with Crippen molar-refractivity contribution in [2.75, 3.05) is 38.8 Å². The normalized spacial score (nSPS) is 16.4. The fourth-order valence-electron chi connectivity index (χ4n) is 2.36. The molecule has 20 heavy (non-hydrogen) atoms. The number of rotatable bonds is 5. The van der Waals surface area contributed by atoms with E-state index in [1.807, 2.05) is 0 Å². The zero-order chi connectivity index (χ0) is 14.9. The van der Waals surface area contributed by atoms with Crippen molar-refractivity contribution in [2.45, 2.75) is 26.2 Å². The first-order valence-corrected chi connectivity index (χ1v) is 7.61. The number of nitrogens with zero attached hydrogens (tertiary/aromatic N) is 1. The number of nitrogen functional groups attached to an aromatic ring is 1. The van der Waals surface area contributed by atoms with Gasteiger partial charge in [0.2, 0.25) is 0 Å². The largest absolute Gasteiger partial charge is 0.492 e. The molecule has 5 nitrogen and oxygen atoms in total. The van der Waals surface area contributed by atoms with Gasteiger partial charge in [-0.25, -0.2) is 0 Å². The number of thiophene rings is 1. The van der Waals surface area contributed by atoms with Crippen LogP contribution < -0.4 is 15.8 Å². The number of nitrogens with two attached hydrogens (primary N) is 1. The Kier molecular flexibility index (Phi) is 4.13. The predicted octanol–water partition coefficient (Wildman–Crippen LogP) is 2.64. The molecule has 1 aliphatic carbocycles. The molecule has 0 atom stereocenters. The van der Waals surface area contributed by atoms with E-state index in [-0.39, 0.29) is 5.91 Å². The molecule has 3 N–H and O–H groups in total. The van der Waals surface area contributed by atoms with E-state index in [1.54, 1.807) is 21.2 Å². The molecule has 0 unspecified atom stereocenters. The van der Waals surface area contributed by atoms with Crippen LogP contribution >= 0.6 is 11.3 Å². The summed E-state index contributed by atoms with van der Waals surface area (Å²) in [5, 5.41) is 4.25. The second-order valence-corrected chi connectivity index (χ2v) is 6.95. The molecule has 112 valence electrons. The molecule has 0 bridgehead atoms. The van der Waals surface area contributed by atoms with Crippen LogP contribution in [0.15, 0.2) is 0 Å². The number of methoxy groups -OCH3 is 1. The van der Waals surface area contributed by atoms with Crippen molar-refractivity contribution in [3.63, 3.8) is 0 Å². The van der Waals surface area contributed by atoms with Gasteiger partial charge >= 0.3 is 0 Å². The molecule has 1 amide bonds. The molecular weight excluding hydrogens is 274 g/mol. The number of anilines is 2. The average Bonchev–Trinajstić information content (AvgIpc) is 2.69. The second kappa shape index (κ2) is 5.52. The Morgan fingerprint density at radius 2 is 2.15 bits per heavy atom. The van der Waals surface area contributed by atoms with Crippen LogP contribution in [-0.4, -0.2) is 38.6 Å². The summed E-state index contributed by atoms with van der Waals surface area (Å²) in [5.41, 5.74) is 6.82. The summed E-state index contributed by atoms with van der Waals surface area (Å²) in [7, 11) is 5.02. The fraction of sp³-hybridized carbons (Fsp3) is 0.643. The summed E-state index contributed by atoms with van der Waals surface area (Å²) in [6.45, 7) is 3.16. The molecule has 1 fully saturated rings. The third-order valence-electron chi connectivity index (χ3n) is 3.94. The van der Waals surface area contributed by atoms with Crippen molar-refractivity contribution in [1.82, 2.24) is 4.90 Å². The summed E-state index contributed by atoms with van der Waals surface area (Å²) < 4.78 is 5.36. The fourth-order valence-corrected chi connectivity index (χ4v) is 3.47. The quantitative estimate of drug-likeness (QED) is 0.876. The van der Waals surface area contributed by atoms with Gasteiger partial charge in [0, 0.05) is 20.6 Å². The zero-order valence-electron chi connectivity index (χ0n) is 12.6. The van der Waals surface area contributed by atoms with Crippen molar-refractivity contribution in [3.05, 3.63) is 4.88 Å². The van der Waals surface area contributed by atoms with E-state index in [2.05, 4.69) is 12.2 Å². The number of carbonyl (C=O) groups excluding carboxylic acids is 1. The van der Waals surface area contributed by atoms with Gasteiger partial charge in [0.05, 0.1) is 7.11 Å². The second-order valence-electron chi connectivity index (χ2n) is 5.92. The van der Waals surface area contributed by atoms with Crippen molar-refractivity contribution in [1.29, 1.82) is 0 Å². The SMILES string of the molecule is COc1c(NCC2(C)CCC2)sc(C(=O)N(C)C)c1N. The van der Waals surface area contributed by atoms with Crippen LogP contribution in [0, 0.1) is 5.41 Å². The molecule has 0 radical (unpaired) electrons. The number of ether oxygens (including phenoxy) is 1. The van der Waals surface area contributed by atoms with Gasteiger partial charge in [0.25, 0.3) is 5.91 Å². The highest BCUT2D eigenvalue weighted by atomic mass is 32.1. The van der Waals surface area contributed by atoms with Gasteiger partial charge in [-0.3, -0.25) is 4.79 Å². The lowest BCUT2D eigenvalue weighted by Gasteiger charge is -2.38. The summed E-state index contributed by atoms with van der Waals surface area (Å²) in [5.74, 6) is 0.497. The van der Waals surface area contributed by atoms with E-state index in [4.69, 9.17) is 10.5 Å². The van der Waals surface area contributed by atoms with Crippen LogP contribution in [0.25, 0.3) is 0 Å². The molecule has 1 heterocycles. The molecule has 0 aliphatic heterocycles. The van der Waals surface area contributed by atoms with Crippen LogP contribution in [0.2, 0.25) is 0 Å². The Morgan fingerprint density at radius 1 is 1.50 bits per heavy atom. The molecule has 0 aromatic carbocycles. The first-order chi connectivity index (χ1) is 9.38. The third kappa shape index (κ3) is 2.70. The number of amides is 1. The van der Waals surface area contributed by atoms with Gasteiger partial charge in [-0.05, 0) is 18.3 Å². The van der Waals surface area contributed by atoms with E-state index >= 15 is 0 Å². The molecular formula is C14H23N3O2S. The Balaban J connectivity index is 2.19. The molecule has 1 saturated carbocycles. The van der Waals surface area contributed by atoms with Gasteiger partial charge in [-0.15, -0.1) is 11.3 Å². The zero-order valence-corrected chi connectivity index (χ0v) is 13.4. The number of carbonyl (C=O) groups is 1. The molecule has 0 spiro atoms. The summed E-state index contributed by atoms with van der Waals surface area (Å²) >= 11 is 1.37. The monoisotopic (exact) mass is 297 g/mol. The van der Waals surface area contributed by atoms with Gasteiger partial charge in [0.1, 0.15) is 15.6 Å². The van der Waals surface area contributed by atoms with Gasteiger partial charge in [-0.2, -0.15) is 0 Å². The maximum Gasteiger partial charge on any atom is 0.265 e. The highest BCUT2D eigenvalue weighted by molar-refractivity contribution is 7.19. The number of hydrogen-bond acceptors (Lipinski definition) is 5. The van der Waals surface area contributed by atoms with Gasteiger partial charge < -0.3 is 20.7 Å². The van der Waals surface area contributed by atoms with Crippen molar-refractivity contribution < 1.29 is 9.53 Å². The minimum Gasteiger partial charge on any atom is -0.492 e. The lowest BCUT2D eigenvalue weighted by atomic mass is 9.70. The first kappa shape index (κ1) is 15.0. The van der Waals surface area contributed by atoms with E-state index in [0.717, 1.165) is 11.5 Å². The summed E-state index contributed by atoms with van der Waals surface area (Å²) in [6.07, 6.45) is 3.78. The molecule has 1 aromatic rings. The van der Waals surface area contributed by atoms with E-state index < -0.39 is 0 Å². The highest BCUT2D eigenvalue weighted by Crippen LogP contribution is 2.45. The number of hydrogen-bond donors (Lipinski definition) is 2. The molecule has 2 rings (SSSR count). The third-order valence-corrected chi connectivity index (χ3v) is 5.07. The van der Waals surface area contributed by atoms with Crippen LogP contribution in [-0.2, 0) is 0 Å². The Labute approximate surface area is 124 Å². The van der Waals surface area contributed by atoms with Crippen molar-refractivity contribution in [2.24, 2.45) is 5.41 Å². The average molecular weight is 297 g/mol. The van der Waals surface area contributed by atoms with Crippen molar-refractivity contribution >= 4 is 27.9 Å². The molecule has 1 aromatic heterocycles. The summed E-state index contributed by atoms with van der Waals surface area (Å²) in [4.78, 5) is 14.2. The van der Waals surface area contributed by atoms with Gasteiger partial charge in [-0.1, -0.05) is 13.3 Å². The van der Waals surface area contributed by atoms with Crippen molar-refractivity contribution in [3.8, 4) is 5.75 Å². The Hall–Kier alpha value is -1.43. The van der Waals surface area contributed by atoms with E-state index in [0.29, 0.717) is 21.7 Å². The van der Waals surface area contributed by atoms with E-state index in [9.17, 15) is 4.79 Å². The van der Waals surface area contributed by atoms with Crippen LogP contribution in [0.5, 0.6) is 5.75 Å². The Bertz CT molecular complexity index is 507.